The van der Waals surface area contributed by atoms with Gasteiger partial charge < -0.3 is 10.4 Å². The van der Waals surface area contributed by atoms with Crippen LogP contribution in [0.15, 0.2) is 67.1 Å². The number of fused-ring (bicyclic) bond motifs is 1. The van der Waals surface area contributed by atoms with E-state index >= 15 is 0 Å². The molecule has 164 valence electrons. The van der Waals surface area contributed by atoms with Gasteiger partial charge in [0.15, 0.2) is 5.65 Å². The lowest BCUT2D eigenvalue weighted by Gasteiger charge is -2.09. The second-order valence-electron chi connectivity index (χ2n) is 6.92. The summed E-state index contributed by atoms with van der Waals surface area (Å²) in [5, 5.41) is 16.9. The van der Waals surface area contributed by atoms with Gasteiger partial charge in [-0.1, -0.05) is 57.5 Å². The van der Waals surface area contributed by atoms with Gasteiger partial charge in [-0.05, 0) is 38.6 Å². The number of anilines is 1. The number of nitrogens with zero attached hydrogens (tertiary/aromatic N) is 4. The van der Waals surface area contributed by atoms with Crippen LogP contribution >= 0.6 is 8.58 Å². The molecule has 0 aliphatic heterocycles. The second kappa shape index (κ2) is 13.5. The summed E-state index contributed by atoms with van der Waals surface area (Å²) in [7, 11) is 0.692. The van der Waals surface area contributed by atoms with Gasteiger partial charge in [0.25, 0.3) is 0 Å². The molecule has 0 aliphatic carbocycles. The summed E-state index contributed by atoms with van der Waals surface area (Å²) in [5.74, 6) is 0.959. The number of benzene rings is 1. The van der Waals surface area contributed by atoms with Crippen molar-refractivity contribution in [1.82, 2.24) is 19.6 Å². The van der Waals surface area contributed by atoms with Gasteiger partial charge in [0, 0.05) is 42.6 Å². The van der Waals surface area contributed by atoms with E-state index in [2.05, 4.69) is 46.1 Å². The Kier molecular flexibility index (Phi) is 10.6. The first-order valence-electron chi connectivity index (χ1n) is 10.4. The highest BCUT2D eigenvalue weighted by atomic mass is 31.1. The Hall–Kier alpha value is -2.82. The van der Waals surface area contributed by atoms with Gasteiger partial charge in [-0.3, -0.25) is 4.98 Å². The van der Waals surface area contributed by atoms with Crippen LogP contribution in [0.3, 0.4) is 0 Å². The molecule has 3 heterocycles. The molecule has 4 rings (SSSR count). The molecule has 0 fully saturated rings. The summed E-state index contributed by atoms with van der Waals surface area (Å²) in [5.41, 5.74) is 4.40. The Labute approximate surface area is 186 Å². The molecule has 7 heteroatoms. The molecular formula is C24H32N5OP. The fraction of sp³-hybridized carbons (Fsp3) is 0.292. The molecule has 1 aromatic carbocycles. The summed E-state index contributed by atoms with van der Waals surface area (Å²) < 4.78 is 1.87. The van der Waals surface area contributed by atoms with Crippen LogP contribution < -0.4 is 10.6 Å². The first-order valence-corrected chi connectivity index (χ1v) is 11.9. The quantitative estimate of drug-likeness (QED) is 0.454. The Bertz CT molecular complexity index is 1020. The normalized spacial score (nSPS) is 10.4. The van der Waals surface area contributed by atoms with Gasteiger partial charge in [0.05, 0.1) is 6.20 Å². The molecule has 31 heavy (non-hydrogen) atoms. The number of aliphatic hydroxyl groups excluding tert-OH is 1. The number of nitrogens with one attached hydrogen (secondary N) is 1. The molecule has 6 nitrogen and oxygen atoms in total. The van der Waals surface area contributed by atoms with E-state index in [9.17, 15) is 0 Å². The SMILES string of the molecule is CCCO.CPc1cnn2c(NCc3cccnc3)cc(C)nc12.Cc1ccccc1. The maximum absolute atomic E-state index is 7.88. The van der Waals surface area contributed by atoms with Crippen LogP contribution in [0, 0.1) is 13.8 Å². The first-order chi connectivity index (χ1) is 15.1. The van der Waals surface area contributed by atoms with Crippen molar-refractivity contribution in [3.05, 3.63) is 83.9 Å². The third-order valence-electron chi connectivity index (χ3n) is 4.23. The van der Waals surface area contributed by atoms with Crippen LogP contribution in [0.1, 0.15) is 30.2 Å². The van der Waals surface area contributed by atoms with Crippen molar-refractivity contribution < 1.29 is 5.11 Å². The number of hydrogen-bond acceptors (Lipinski definition) is 5. The molecule has 0 radical (unpaired) electrons. The lowest BCUT2D eigenvalue weighted by Crippen LogP contribution is -2.08. The molecule has 1 unspecified atom stereocenters. The van der Waals surface area contributed by atoms with E-state index in [0.29, 0.717) is 15.2 Å². The van der Waals surface area contributed by atoms with Crippen LogP contribution in [0.25, 0.3) is 5.65 Å². The van der Waals surface area contributed by atoms with Crippen LogP contribution in [0.5, 0.6) is 0 Å². The van der Waals surface area contributed by atoms with Gasteiger partial charge in [0.1, 0.15) is 5.82 Å². The van der Waals surface area contributed by atoms with Crippen molar-refractivity contribution in [2.75, 3.05) is 18.6 Å². The molecule has 1 atom stereocenters. The molecule has 0 aliphatic rings. The van der Waals surface area contributed by atoms with Gasteiger partial charge in [0.2, 0.25) is 0 Å². The molecule has 0 saturated carbocycles. The second-order valence-corrected chi connectivity index (χ2v) is 7.96. The molecule has 0 amide bonds. The minimum Gasteiger partial charge on any atom is -0.396 e. The summed E-state index contributed by atoms with van der Waals surface area (Å²) >= 11 is 0. The molecular weight excluding hydrogens is 405 g/mol. The first kappa shape index (κ1) is 24.4. The number of hydrogen-bond donors (Lipinski definition) is 2. The van der Waals surface area contributed by atoms with Gasteiger partial charge in [-0.25, -0.2) is 4.98 Å². The fourth-order valence-corrected chi connectivity index (χ4v) is 3.19. The zero-order valence-corrected chi connectivity index (χ0v) is 19.7. The number of aliphatic hydroxyl groups is 1. The molecule has 0 saturated heterocycles. The van der Waals surface area contributed by atoms with Crippen LogP contribution in [0.4, 0.5) is 5.82 Å². The summed E-state index contributed by atoms with van der Waals surface area (Å²) in [6.45, 7) is 9.20. The van der Waals surface area contributed by atoms with Crippen molar-refractivity contribution in [2.24, 2.45) is 0 Å². The Morgan fingerprint density at radius 2 is 1.81 bits per heavy atom. The predicted octanol–water partition coefficient (Wildman–Crippen LogP) is 4.36. The van der Waals surface area contributed by atoms with E-state index in [1.807, 2.05) is 67.2 Å². The van der Waals surface area contributed by atoms with Crippen molar-refractivity contribution in [1.29, 1.82) is 0 Å². The lowest BCUT2D eigenvalue weighted by molar-refractivity contribution is 0.295. The maximum atomic E-state index is 7.88. The Balaban J connectivity index is 0.000000256. The van der Waals surface area contributed by atoms with Crippen molar-refractivity contribution in [3.63, 3.8) is 0 Å². The van der Waals surface area contributed by atoms with Crippen molar-refractivity contribution in [2.45, 2.75) is 33.7 Å². The van der Waals surface area contributed by atoms with Crippen LogP contribution in [-0.2, 0) is 6.54 Å². The average molecular weight is 438 g/mol. The predicted molar refractivity (Wildman–Crippen MR) is 132 cm³/mol. The number of aromatic nitrogens is 4. The highest BCUT2D eigenvalue weighted by Gasteiger charge is 2.08. The van der Waals surface area contributed by atoms with Crippen LogP contribution in [-0.4, -0.2) is 38.0 Å². The molecule has 0 spiro atoms. The largest absolute Gasteiger partial charge is 0.396 e. The highest BCUT2D eigenvalue weighted by Crippen LogP contribution is 2.15. The summed E-state index contributed by atoms with van der Waals surface area (Å²) in [6, 6.07) is 16.3. The van der Waals surface area contributed by atoms with E-state index < -0.39 is 0 Å². The average Bonchev–Trinajstić information content (AvgIpc) is 3.22. The monoisotopic (exact) mass is 437 g/mol. The number of rotatable bonds is 5. The van der Waals surface area contributed by atoms with Gasteiger partial charge in [-0.15, -0.1) is 0 Å². The fourth-order valence-electron chi connectivity index (χ4n) is 2.62. The topological polar surface area (TPSA) is 75.3 Å². The molecule has 4 aromatic rings. The number of pyridine rings is 1. The van der Waals surface area contributed by atoms with Crippen LogP contribution in [0.2, 0.25) is 0 Å². The summed E-state index contributed by atoms with van der Waals surface area (Å²) in [4.78, 5) is 8.70. The minimum atomic E-state index is 0.319. The van der Waals surface area contributed by atoms with Gasteiger partial charge >= 0.3 is 0 Å². The molecule has 3 aromatic heterocycles. The highest BCUT2D eigenvalue weighted by molar-refractivity contribution is 7.46. The van der Waals surface area contributed by atoms with Crippen molar-refractivity contribution >= 4 is 25.4 Å². The smallest absolute Gasteiger partial charge is 0.164 e. The van der Waals surface area contributed by atoms with Gasteiger partial charge in [-0.2, -0.15) is 9.61 Å². The standard InChI is InChI=1S/C14H16N5P.C7H8.C3H8O/c1-10-6-13(16-8-11-4-3-5-15-7-11)19-14(18-10)12(20-2)9-17-19;1-7-5-3-2-4-6-7;1-2-3-4/h3-7,9,16,20H,8H2,1-2H3;2-6H,1H3;4H,2-3H2,1H3. The lowest BCUT2D eigenvalue weighted by atomic mass is 10.2. The minimum absolute atomic E-state index is 0.319. The zero-order valence-electron chi connectivity index (χ0n) is 18.7. The van der Waals surface area contributed by atoms with E-state index in [4.69, 9.17) is 5.11 Å². The third kappa shape index (κ3) is 8.08. The zero-order chi connectivity index (χ0) is 22.5. The maximum Gasteiger partial charge on any atom is 0.164 e. The summed E-state index contributed by atoms with van der Waals surface area (Å²) in [6.07, 6.45) is 6.41. The molecule has 2 N–H and O–H groups in total. The molecule has 0 bridgehead atoms. The number of aryl methyl sites for hydroxylation is 2. The Morgan fingerprint density at radius 1 is 1.06 bits per heavy atom. The third-order valence-corrected chi connectivity index (χ3v) is 5.12. The van der Waals surface area contributed by atoms with E-state index in [1.165, 1.54) is 10.9 Å². The van der Waals surface area contributed by atoms with E-state index in [0.717, 1.165) is 35.7 Å². The van der Waals surface area contributed by atoms with E-state index in [-0.39, 0.29) is 0 Å². The van der Waals surface area contributed by atoms with Crippen molar-refractivity contribution in [3.8, 4) is 0 Å². The van der Waals surface area contributed by atoms with E-state index in [1.54, 1.807) is 6.20 Å². The Morgan fingerprint density at radius 3 is 2.35 bits per heavy atom.